The Morgan fingerprint density at radius 2 is 2.27 bits per heavy atom. The van der Waals surface area contributed by atoms with Gasteiger partial charge in [-0.1, -0.05) is 0 Å². The van der Waals surface area contributed by atoms with Gasteiger partial charge in [-0.3, -0.25) is 4.79 Å². The number of carbonyl (C=O) groups excluding carboxylic acids is 1. The van der Waals surface area contributed by atoms with Crippen LogP contribution in [0.4, 0.5) is 5.69 Å². The van der Waals surface area contributed by atoms with Crippen LogP contribution in [0.3, 0.4) is 0 Å². The Morgan fingerprint density at radius 1 is 1.53 bits per heavy atom. The van der Waals surface area contributed by atoms with Crippen molar-refractivity contribution in [2.45, 2.75) is 13.3 Å². The zero-order valence-electron chi connectivity index (χ0n) is 8.91. The lowest BCUT2D eigenvalue weighted by Crippen LogP contribution is -2.12. The van der Waals surface area contributed by atoms with Gasteiger partial charge in [0.15, 0.2) is 0 Å². The number of nitrogens with one attached hydrogen (secondary N) is 1. The molecule has 0 spiro atoms. The number of benzene rings is 1. The molecular weight excluding hydrogens is 194 g/mol. The summed E-state index contributed by atoms with van der Waals surface area (Å²) >= 11 is 0. The van der Waals surface area contributed by atoms with Gasteiger partial charge in [-0.25, -0.2) is 0 Å². The highest BCUT2D eigenvalue weighted by molar-refractivity contribution is 5.90. The molecule has 0 heterocycles. The summed E-state index contributed by atoms with van der Waals surface area (Å²) in [5.41, 5.74) is 1.67. The molecule has 0 saturated heterocycles. The van der Waals surface area contributed by atoms with E-state index in [1.54, 1.807) is 19.2 Å². The quantitative estimate of drug-likeness (QED) is 0.786. The monoisotopic (exact) mass is 209 g/mol. The maximum absolute atomic E-state index is 11.2. The van der Waals surface area contributed by atoms with E-state index in [2.05, 4.69) is 5.32 Å². The fourth-order valence-electron chi connectivity index (χ4n) is 1.28. The molecule has 1 rings (SSSR count). The van der Waals surface area contributed by atoms with Gasteiger partial charge >= 0.3 is 0 Å². The van der Waals surface area contributed by atoms with Crippen molar-refractivity contribution in [3.05, 3.63) is 23.8 Å². The van der Waals surface area contributed by atoms with Crippen LogP contribution >= 0.6 is 0 Å². The molecule has 2 N–H and O–H groups in total. The van der Waals surface area contributed by atoms with Crippen molar-refractivity contribution in [3.63, 3.8) is 0 Å². The molecule has 0 atom stereocenters. The van der Waals surface area contributed by atoms with Gasteiger partial charge in [0.1, 0.15) is 5.75 Å². The van der Waals surface area contributed by atoms with E-state index in [4.69, 9.17) is 9.84 Å². The summed E-state index contributed by atoms with van der Waals surface area (Å²) in [5.74, 6) is 0.595. The third-order valence-electron chi connectivity index (χ3n) is 2.02. The predicted molar refractivity (Wildman–Crippen MR) is 58.1 cm³/mol. The predicted octanol–water partition coefficient (Wildman–Crippen LogP) is 1.32. The van der Waals surface area contributed by atoms with Crippen LogP contribution in [0.2, 0.25) is 0 Å². The summed E-state index contributed by atoms with van der Waals surface area (Å²) in [6.45, 7) is 1.77. The molecule has 0 unspecified atom stereocenters. The smallest absolute Gasteiger partial charge is 0.226 e. The lowest BCUT2D eigenvalue weighted by Gasteiger charge is -2.08. The van der Waals surface area contributed by atoms with Gasteiger partial charge in [0, 0.05) is 5.69 Å². The summed E-state index contributed by atoms with van der Waals surface area (Å²) in [5, 5.41) is 11.3. The van der Waals surface area contributed by atoms with Crippen molar-refractivity contribution in [2.75, 3.05) is 19.0 Å². The Bertz CT molecular complexity index is 350. The topological polar surface area (TPSA) is 58.6 Å². The number of hydrogen-bond donors (Lipinski definition) is 2. The molecule has 82 valence electrons. The van der Waals surface area contributed by atoms with Crippen LogP contribution in [0.1, 0.15) is 12.0 Å². The summed E-state index contributed by atoms with van der Waals surface area (Å²) in [6.07, 6.45) is 0.116. The fourth-order valence-corrected chi connectivity index (χ4v) is 1.28. The number of rotatable bonds is 4. The number of ether oxygens (including phenoxy) is 1. The molecule has 15 heavy (non-hydrogen) atoms. The van der Waals surface area contributed by atoms with E-state index in [-0.39, 0.29) is 18.9 Å². The number of aliphatic hydroxyl groups excluding tert-OH is 1. The first-order chi connectivity index (χ1) is 7.17. The van der Waals surface area contributed by atoms with E-state index in [0.717, 1.165) is 11.3 Å². The first-order valence-corrected chi connectivity index (χ1v) is 4.72. The van der Waals surface area contributed by atoms with Crippen molar-refractivity contribution in [1.82, 2.24) is 0 Å². The minimum Gasteiger partial charge on any atom is -0.496 e. The van der Waals surface area contributed by atoms with Crippen LogP contribution in [-0.2, 0) is 4.79 Å². The number of aliphatic hydroxyl groups is 1. The van der Waals surface area contributed by atoms with Crippen molar-refractivity contribution in [1.29, 1.82) is 0 Å². The van der Waals surface area contributed by atoms with Crippen LogP contribution < -0.4 is 10.1 Å². The van der Waals surface area contributed by atoms with E-state index in [9.17, 15) is 4.79 Å². The molecule has 0 aliphatic heterocycles. The van der Waals surface area contributed by atoms with Crippen molar-refractivity contribution in [2.24, 2.45) is 0 Å². The molecular formula is C11H15NO3. The molecule has 0 bridgehead atoms. The molecule has 4 heteroatoms. The molecule has 0 aliphatic rings. The average Bonchev–Trinajstić information content (AvgIpc) is 2.18. The zero-order chi connectivity index (χ0) is 11.3. The van der Waals surface area contributed by atoms with Gasteiger partial charge in [-0.05, 0) is 30.7 Å². The van der Waals surface area contributed by atoms with Gasteiger partial charge in [-0.15, -0.1) is 0 Å². The highest BCUT2D eigenvalue weighted by Crippen LogP contribution is 2.21. The van der Waals surface area contributed by atoms with E-state index in [1.807, 2.05) is 13.0 Å². The molecule has 0 aliphatic carbocycles. The number of amides is 1. The first kappa shape index (κ1) is 11.5. The molecule has 4 nitrogen and oxygen atoms in total. The van der Waals surface area contributed by atoms with Crippen LogP contribution in [0.5, 0.6) is 5.75 Å². The Kier molecular flexibility index (Phi) is 4.12. The maximum atomic E-state index is 11.2. The minimum absolute atomic E-state index is 0.116. The van der Waals surface area contributed by atoms with Gasteiger partial charge in [0.2, 0.25) is 5.91 Å². The number of anilines is 1. The van der Waals surface area contributed by atoms with Gasteiger partial charge in [0.05, 0.1) is 20.1 Å². The van der Waals surface area contributed by atoms with Gasteiger partial charge < -0.3 is 15.2 Å². The van der Waals surface area contributed by atoms with Crippen LogP contribution in [-0.4, -0.2) is 24.7 Å². The number of methoxy groups -OCH3 is 1. The fraction of sp³-hybridized carbons (Fsp3) is 0.364. The maximum Gasteiger partial charge on any atom is 0.226 e. The van der Waals surface area contributed by atoms with E-state index < -0.39 is 0 Å². The third kappa shape index (κ3) is 3.25. The molecule has 1 aromatic carbocycles. The third-order valence-corrected chi connectivity index (χ3v) is 2.02. The van der Waals surface area contributed by atoms with Crippen molar-refractivity contribution < 1.29 is 14.6 Å². The SMILES string of the molecule is COc1ccc(NC(=O)CCO)cc1C. The molecule has 1 amide bonds. The van der Waals surface area contributed by atoms with Crippen LogP contribution in [0.15, 0.2) is 18.2 Å². The molecule has 1 aromatic rings. The van der Waals surface area contributed by atoms with E-state index in [0.29, 0.717) is 5.69 Å². The lowest BCUT2D eigenvalue weighted by molar-refractivity contribution is -0.116. The number of hydrogen-bond acceptors (Lipinski definition) is 3. The number of carbonyl (C=O) groups is 1. The van der Waals surface area contributed by atoms with Gasteiger partial charge in [-0.2, -0.15) is 0 Å². The summed E-state index contributed by atoms with van der Waals surface area (Å²) < 4.78 is 5.10. The Balaban J connectivity index is 2.71. The highest BCUT2D eigenvalue weighted by atomic mass is 16.5. The van der Waals surface area contributed by atoms with E-state index >= 15 is 0 Å². The second-order valence-corrected chi connectivity index (χ2v) is 3.21. The molecule has 0 aromatic heterocycles. The minimum atomic E-state index is -0.193. The van der Waals surface area contributed by atoms with Gasteiger partial charge in [0.25, 0.3) is 0 Å². The summed E-state index contributed by atoms with van der Waals surface area (Å²) in [4.78, 5) is 11.2. The molecule has 0 fully saturated rings. The second kappa shape index (κ2) is 5.36. The summed E-state index contributed by atoms with van der Waals surface area (Å²) in [6, 6.07) is 5.39. The van der Waals surface area contributed by atoms with Crippen molar-refractivity contribution in [3.8, 4) is 5.75 Å². The standard InChI is InChI=1S/C11H15NO3/c1-8-7-9(3-4-10(8)15-2)12-11(14)5-6-13/h3-4,7,13H,5-6H2,1-2H3,(H,12,14). The Hall–Kier alpha value is -1.55. The normalized spacial score (nSPS) is 9.80. The second-order valence-electron chi connectivity index (χ2n) is 3.21. The largest absolute Gasteiger partial charge is 0.496 e. The average molecular weight is 209 g/mol. The van der Waals surface area contributed by atoms with Crippen LogP contribution in [0.25, 0.3) is 0 Å². The van der Waals surface area contributed by atoms with Crippen molar-refractivity contribution >= 4 is 11.6 Å². The number of aryl methyl sites for hydroxylation is 1. The molecule has 0 radical (unpaired) electrons. The first-order valence-electron chi connectivity index (χ1n) is 4.72. The lowest BCUT2D eigenvalue weighted by atomic mass is 10.2. The Morgan fingerprint density at radius 3 is 2.80 bits per heavy atom. The zero-order valence-corrected chi connectivity index (χ0v) is 8.91. The molecule has 0 saturated carbocycles. The highest BCUT2D eigenvalue weighted by Gasteiger charge is 2.03. The van der Waals surface area contributed by atoms with E-state index in [1.165, 1.54) is 0 Å². The van der Waals surface area contributed by atoms with Crippen LogP contribution in [0, 0.1) is 6.92 Å². The summed E-state index contributed by atoms with van der Waals surface area (Å²) in [7, 11) is 1.60. The Labute approximate surface area is 88.9 Å².